The molecule has 2 aromatic rings. The second-order valence-corrected chi connectivity index (χ2v) is 5.03. The lowest BCUT2D eigenvalue weighted by molar-refractivity contribution is 0.0592. The number of esters is 1. The average Bonchev–Trinajstić information content (AvgIpc) is 3.03. The minimum Gasteiger partial charge on any atom is -0.464 e. The summed E-state index contributed by atoms with van der Waals surface area (Å²) in [5.74, 6) is 1.01. The van der Waals surface area contributed by atoms with Crippen LogP contribution >= 0.6 is 0 Å². The second kappa shape index (κ2) is 4.66. The Morgan fingerprint density at radius 1 is 1.47 bits per heavy atom. The van der Waals surface area contributed by atoms with Crippen molar-refractivity contribution in [3.63, 3.8) is 0 Å². The first-order valence-electron chi connectivity index (χ1n) is 6.44. The summed E-state index contributed by atoms with van der Waals surface area (Å²) in [6, 6.07) is 5.60. The van der Waals surface area contributed by atoms with Gasteiger partial charge in [0.1, 0.15) is 11.5 Å². The van der Waals surface area contributed by atoms with Crippen molar-refractivity contribution in [3.05, 3.63) is 35.9 Å². The van der Waals surface area contributed by atoms with Crippen LogP contribution in [0.15, 0.2) is 24.4 Å². The Hall–Kier alpha value is -1.88. The van der Waals surface area contributed by atoms with E-state index < -0.39 is 0 Å². The fraction of sp³-hybridized carbons (Fsp3) is 0.429. The van der Waals surface area contributed by atoms with E-state index in [0.717, 1.165) is 30.9 Å². The molecule has 1 saturated heterocycles. The Morgan fingerprint density at radius 2 is 2.32 bits per heavy atom. The van der Waals surface area contributed by atoms with Crippen LogP contribution in [-0.4, -0.2) is 47.5 Å². The largest absolute Gasteiger partial charge is 0.464 e. The van der Waals surface area contributed by atoms with Gasteiger partial charge in [-0.3, -0.25) is 4.40 Å². The van der Waals surface area contributed by atoms with E-state index in [0.29, 0.717) is 11.6 Å². The number of aromatic nitrogens is 2. The predicted octanol–water partition coefficient (Wildman–Crippen LogP) is 1.54. The number of fused-ring (bicyclic) bond motifs is 1. The molecule has 5 heteroatoms. The fourth-order valence-electron chi connectivity index (χ4n) is 2.77. The quantitative estimate of drug-likeness (QED) is 0.768. The average molecular weight is 259 g/mol. The molecule has 1 unspecified atom stereocenters. The molecule has 0 spiro atoms. The lowest BCUT2D eigenvalue weighted by Gasteiger charge is -2.12. The van der Waals surface area contributed by atoms with Gasteiger partial charge in [0.2, 0.25) is 0 Å². The molecule has 0 bridgehead atoms. The number of methoxy groups -OCH3 is 1. The summed E-state index contributed by atoms with van der Waals surface area (Å²) in [7, 11) is 3.51. The van der Waals surface area contributed by atoms with E-state index >= 15 is 0 Å². The van der Waals surface area contributed by atoms with Gasteiger partial charge in [-0.2, -0.15) is 0 Å². The molecule has 0 aromatic carbocycles. The molecule has 1 aliphatic heterocycles. The topological polar surface area (TPSA) is 46.8 Å². The number of ether oxygens (including phenoxy) is 1. The maximum atomic E-state index is 11.9. The number of hydrogen-bond acceptors (Lipinski definition) is 4. The molecule has 0 N–H and O–H groups in total. The molecule has 0 radical (unpaired) electrons. The van der Waals surface area contributed by atoms with E-state index in [1.54, 1.807) is 6.07 Å². The number of imidazole rings is 1. The lowest BCUT2D eigenvalue weighted by atomic mass is 10.1. The molecule has 0 aliphatic carbocycles. The van der Waals surface area contributed by atoms with Crippen molar-refractivity contribution in [3.8, 4) is 0 Å². The number of nitrogens with zero attached hydrogens (tertiary/aromatic N) is 3. The molecule has 2 aromatic heterocycles. The van der Waals surface area contributed by atoms with Gasteiger partial charge in [0.05, 0.1) is 18.8 Å². The van der Waals surface area contributed by atoms with Gasteiger partial charge in [-0.05, 0) is 32.1 Å². The van der Waals surface area contributed by atoms with Crippen molar-refractivity contribution in [2.75, 3.05) is 27.2 Å². The number of pyridine rings is 1. The molecule has 100 valence electrons. The van der Waals surface area contributed by atoms with Crippen molar-refractivity contribution in [2.45, 2.75) is 12.3 Å². The number of hydrogen-bond donors (Lipinski definition) is 0. The minimum absolute atomic E-state index is 0.323. The van der Waals surface area contributed by atoms with Crippen LogP contribution in [0.4, 0.5) is 0 Å². The second-order valence-electron chi connectivity index (χ2n) is 5.03. The highest BCUT2D eigenvalue weighted by Crippen LogP contribution is 2.27. The first kappa shape index (κ1) is 12.2. The standard InChI is InChI=1S/C14H17N3O2/c1-16-7-6-10(9-16)13-15-8-11-4-3-5-12(17(11)13)14(18)19-2/h3-5,8,10H,6-7,9H2,1-2H3. The summed E-state index contributed by atoms with van der Waals surface area (Å²) in [6.07, 6.45) is 2.89. The van der Waals surface area contributed by atoms with Gasteiger partial charge in [0.25, 0.3) is 0 Å². The van der Waals surface area contributed by atoms with Crippen LogP contribution in [0, 0.1) is 0 Å². The predicted molar refractivity (Wildman–Crippen MR) is 71.4 cm³/mol. The number of carbonyl (C=O) groups excluding carboxylic acids is 1. The highest BCUT2D eigenvalue weighted by Gasteiger charge is 2.26. The summed E-state index contributed by atoms with van der Waals surface area (Å²) < 4.78 is 6.78. The Morgan fingerprint density at radius 3 is 3.00 bits per heavy atom. The van der Waals surface area contributed by atoms with E-state index in [2.05, 4.69) is 16.9 Å². The molecule has 5 nitrogen and oxygen atoms in total. The lowest BCUT2D eigenvalue weighted by Crippen LogP contribution is -2.16. The Labute approximate surface area is 111 Å². The molecule has 0 amide bonds. The highest BCUT2D eigenvalue weighted by atomic mass is 16.5. The van der Waals surface area contributed by atoms with Gasteiger partial charge >= 0.3 is 5.97 Å². The van der Waals surface area contributed by atoms with Crippen molar-refractivity contribution in [1.29, 1.82) is 0 Å². The third kappa shape index (κ3) is 2.00. The van der Waals surface area contributed by atoms with E-state index in [1.165, 1.54) is 7.11 Å². The van der Waals surface area contributed by atoms with Gasteiger partial charge in [0, 0.05) is 12.5 Å². The Bertz CT molecular complexity index is 620. The summed E-state index contributed by atoms with van der Waals surface area (Å²) in [5.41, 5.74) is 1.48. The van der Waals surface area contributed by atoms with Crippen LogP contribution in [0.2, 0.25) is 0 Å². The van der Waals surface area contributed by atoms with Gasteiger partial charge in [-0.1, -0.05) is 6.07 Å². The smallest absolute Gasteiger partial charge is 0.355 e. The van der Waals surface area contributed by atoms with E-state index in [1.807, 2.05) is 22.7 Å². The monoisotopic (exact) mass is 259 g/mol. The Balaban J connectivity index is 2.12. The van der Waals surface area contributed by atoms with Crippen LogP contribution in [-0.2, 0) is 4.74 Å². The normalized spacial score (nSPS) is 20.0. The first-order chi connectivity index (χ1) is 9.20. The molecule has 1 aliphatic rings. The van der Waals surface area contributed by atoms with Gasteiger partial charge in [-0.15, -0.1) is 0 Å². The maximum Gasteiger partial charge on any atom is 0.355 e. The third-order valence-electron chi connectivity index (χ3n) is 3.73. The fourth-order valence-corrected chi connectivity index (χ4v) is 2.77. The van der Waals surface area contributed by atoms with Crippen molar-refractivity contribution < 1.29 is 9.53 Å². The number of carbonyl (C=O) groups is 1. The summed E-state index contributed by atoms with van der Waals surface area (Å²) in [6.45, 7) is 2.05. The third-order valence-corrected chi connectivity index (χ3v) is 3.73. The van der Waals surface area contributed by atoms with Crippen molar-refractivity contribution >= 4 is 11.5 Å². The van der Waals surface area contributed by atoms with Gasteiger partial charge < -0.3 is 9.64 Å². The molecule has 1 atom stereocenters. The zero-order valence-electron chi connectivity index (χ0n) is 11.2. The van der Waals surface area contributed by atoms with Crippen LogP contribution in [0.25, 0.3) is 5.52 Å². The molecular formula is C14H17N3O2. The number of rotatable bonds is 2. The molecule has 1 fully saturated rings. The van der Waals surface area contributed by atoms with Gasteiger partial charge in [-0.25, -0.2) is 9.78 Å². The molecule has 19 heavy (non-hydrogen) atoms. The summed E-state index contributed by atoms with van der Waals surface area (Å²) >= 11 is 0. The van der Waals surface area contributed by atoms with Crippen molar-refractivity contribution in [1.82, 2.24) is 14.3 Å². The zero-order valence-corrected chi connectivity index (χ0v) is 11.2. The minimum atomic E-state index is -0.323. The first-order valence-corrected chi connectivity index (χ1v) is 6.44. The SMILES string of the molecule is COC(=O)c1cccc2cnc(C3CCN(C)C3)n12. The zero-order chi connectivity index (χ0) is 13.4. The number of likely N-dealkylation sites (tertiary alicyclic amines) is 1. The van der Waals surface area contributed by atoms with E-state index in [4.69, 9.17) is 4.74 Å². The molecular weight excluding hydrogens is 242 g/mol. The van der Waals surface area contributed by atoms with Crippen molar-refractivity contribution in [2.24, 2.45) is 0 Å². The van der Waals surface area contributed by atoms with E-state index in [-0.39, 0.29) is 5.97 Å². The summed E-state index contributed by atoms with van der Waals surface area (Å²) in [5, 5.41) is 0. The molecule has 0 saturated carbocycles. The highest BCUT2D eigenvalue weighted by molar-refractivity contribution is 5.88. The van der Waals surface area contributed by atoms with Crippen LogP contribution in [0.3, 0.4) is 0 Å². The maximum absolute atomic E-state index is 11.9. The molecule has 3 heterocycles. The Kier molecular flexibility index (Phi) is 2.98. The number of likely N-dealkylation sites (N-methyl/N-ethyl adjacent to an activating group) is 1. The van der Waals surface area contributed by atoms with E-state index in [9.17, 15) is 4.79 Å². The van der Waals surface area contributed by atoms with Crippen LogP contribution in [0.1, 0.15) is 28.7 Å². The van der Waals surface area contributed by atoms with Crippen LogP contribution < -0.4 is 0 Å². The molecule has 3 rings (SSSR count). The van der Waals surface area contributed by atoms with Crippen LogP contribution in [0.5, 0.6) is 0 Å². The summed E-state index contributed by atoms with van der Waals surface area (Å²) in [4.78, 5) is 18.7. The van der Waals surface area contributed by atoms with Gasteiger partial charge in [0.15, 0.2) is 0 Å².